The molecule has 1 aromatic heterocycles. The first-order valence-corrected chi connectivity index (χ1v) is 5.60. The minimum Gasteiger partial charge on any atom is -0.224 e. The van der Waals surface area contributed by atoms with Crippen molar-refractivity contribution in [1.82, 2.24) is 15.0 Å². The van der Waals surface area contributed by atoms with Gasteiger partial charge in [0.15, 0.2) is 0 Å². The van der Waals surface area contributed by atoms with Crippen molar-refractivity contribution in [3.8, 4) is 11.3 Å². The molecule has 1 aromatic carbocycles. The van der Waals surface area contributed by atoms with E-state index in [1.54, 1.807) is 4.68 Å². The molecule has 0 saturated heterocycles. The lowest BCUT2D eigenvalue weighted by molar-refractivity contribution is 0.812. The molecule has 0 spiro atoms. The third-order valence-corrected chi connectivity index (χ3v) is 2.47. The highest BCUT2D eigenvalue weighted by Crippen LogP contribution is 2.21. The van der Waals surface area contributed by atoms with Gasteiger partial charge in [-0.25, -0.2) is 4.68 Å². The van der Waals surface area contributed by atoms with Gasteiger partial charge in [0.05, 0.1) is 5.69 Å². The highest BCUT2D eigenvalue weighted by atomic mass is 15.4. The molecule has 86 valence electrons. The van der Waals surface area contributed by atoms with Crippen LogP contribution in [0.25, 0.3) is 17.5 Å². The first-order valence-electron chi connectivity index (χ1n) is 5.60. The Balaban J connectivity index is 2.51. The Morgan fingerprint density at radius 3 is 2.71 bits per heavy atom. The molecule has 0 atom stereocenters. The van der Waals surface area contributed by atoms with Gasteiger partial charge in [-0.3, -0.25) is 0 Å². The summed E-state index contributed by atoms with van der Waals surface area (Å²) < 4.78 is 1.80. The summed E-state index contributed by atoms with van der Waals surface area (Å²) in [5, 5.41) is 8.37. The van der Waals surface area contributed by atoms with Crippen molar-refractivity contribution in [3.05, 3.63) is 54.8 Å². The number of hydrogen-bond donors (Lipinski definition) is 0. The smallest absolute Gasteiger partial charge is 0.117 e. The molecule has 0 bridgehead atoms. The minimum absolute atomic E-state index is 0.752. The summed E-state index contributed by atoms with van der Waals surface area (Å²) in [4.78, 5) is 0. The third kappa shape index (κ3) is 2.33. The zero-order chi connectivity index (χ0) is 12.1. The zero-order valence-corrected chi connectivity index (χ0v) is 9.87. The molecule has 2 rings (SSSR count). The second-order valence-corrected chi connectivity index (χ2v) is 3.67. The summed E-state index contributed by atoms with van der Waals surface area (Å²) in [5.74, 6) is 0. The number of allylic oxidation sites excluding steroid dienone is 2. The van der Waals surface area contributed by atoms with Crippen molar-refractivity contribution < 1.29 is 0 Å². The second-order valence-electron chi connectivity index (χ2n) is 3.67. The first-order chi connectivity index (χ1) is 8.36. The van der Waals surface area contributed by atoms with Crippen LogP contribution in [0.4, 0.5) is 0 Å². The van der Waals surface area contributed by atoms with Crippen molar-refractivity contribution in [1.29, 1.82) is 0 Å². The summed E-state index contributed by atoms with van der Waals surface area (Å²) in [7, 11) is 0. The average Bonchev–Trinajstić information content (AvgIpc) is 2.75. The Hall–Kier alpha value is -2.16. The van der Waals surface area contributed by atoms with Gasteiger partial charge in [-0.1, -0.05) is 47.7 Å². The summed E-state index contributed by atoms with van der Waals surface area (Å²) >= 11 is 0. The summed E-state index contributed by atoms with van der Waals surface area (Å²) in [6.07, 6.45) is 6.46. The molecule has 0 N–H and O–H groups in total. The summed E-state index contributed by atoms with van der Waals surface area (Å²) in [6, 6.07) is 10.1. The first kappa shape index (κ1) is 11.3. The molecule has 0 saturated carbocycles. The number of rotatable bonds is 4. The van der Waals surface area contributed by atoms with Gasteiger partial charge < -0.3 is 0 Å². The highest BCUT2D eigenvalue weighted by Gasteiger charge is 2.11. The topological polar surface area (TPSA) is 30.7 Å². The van der Waals surface area contributed by atoms with Gasteiger partial charge in [0, 0.05) is 18.2 Å². The van der Waals surface area contributed by atoms with E-state index < -0.39 is 0 Å². The van der Waals surface area contributed by atoms with E-state index in [1.165, 1.54) is 0 Å². The minimum atomic E-state index is 0.752. The zero-order valence-electron chi connectivity index (χ0n) is 9.87. The van der Waals surface area contributed by atoms with E-state index in [4.69, 9.17) is 0 Å². The maximum absolute atomic E-state index is 4.24. The van der Waals surface area contributed by atoms with Crippen LogP contribution in [0.5, 0.6) is 0 Å². The van der Waals surface area contributed by atoms with E-state index >= 15 is 0 Å². The highest BCUT2D eigenvalue weighted by molar-refractivity contribution is 5.62. The quantitative estimate of drug-likeness (QED) is 0.748. The van der Waals surface area contributed by atoms with Crippen LogP contribution >= 0.6 is 0 Å². The predicted molar refractivity (Wildman–Crippen MR) is 70.4 cm³/mol. The lowest BCUT2D eigenvalue weighted by atomic mass is 10.1. The van der Waals surface area contributed by atoms with Gasteiger partial charge in [-0.2, -0.15) is 0 Å². The normalized spacial score (nSPS) is 10.9. The predicted octanol–water partition coefficient (Wildman–Crippen LogP) is 3.16. The third-order valence-electron chi connectivity index (χ3n) is 2.47. The number of benzene rings is 1. The van der Waals surface area contributed by atoms with E-state index in [9.17, 15) is 0 Å². The van der Waals surface area contributed by atoms with Crippen molar-refractivity contribution >= 4 is 6.20 Å². The van der Waals surface area contributed by atoms with Crippen LogP contribution in [-0.4, -0.2) is 15.0 Å². The molecule has 3 heteroatoms. The van der Waals surface area contributed by atoms with Crippen molar-refractivity contribution in [3.63, 3.8) is 0 Å². The summed E-state index contributed by atoms with van der Waals surface area (Å²) in [6.45, 7) is 5.74. The lowest BCUT2D eigenvalue weighted by Gasteiger charge is -2.01. The van der Waals surface area contributed by atoms with Crippen LogP contribution in [0.15, 0.2) is 49.1 Å². The fourth-order valence-electron chi connectivity index (χ4n) is 1.72. The van der Waals surface area contributed by atoms with Crippen LogP contribution in [0.2, 0.25) is 0 Å². The molecule has 0 radical (unpaired) electrons. The molecular formula is C14H15N3. The molecule has 2 aromatic rings. The Morgan fingerprint density at radius 2 is 2.06 bits per heavy atom. The molecule has 1 heterocycles. The van der Waals surface area contributed by atoms with Crippen molar-refractivity contribution in [2.75, 3.05) is 0 Å². The van der Waals surface area contributed by atoms with Gasteiger partial charge in [0.25, 0.3) is 0 Å². The number of aromatic nitrogens is 3. The fourth-order valence-corrected chi connectivity index (χ4v) is 1.72. The lowest BCUT2D eigenvalue weighted by Crippen LogP contribution is -1.96. The molecular weight excluding hydrogens is 210 g/mol. The maximum atomic E-state index is 4.24. The molecule has 0 fully saturated rings. The van der Waals surface area contributed by atoms with E-state index in [0.717, 1.165) is 23.4 Å². The van der Waals surface area contributed by atoms with E-state index in [2.05, 4.69) is 16.9 Å². The van der Waals surface area contributed by atoms with Crippen LogP contribution in [0, 0.1) is 0 Å². The molecule has 0 amide bonds. The van der Waals surface area contributed by atoms with Gasteiger partial charge >= 0.3 is 0 Å². The van der Waals surface area contributed by atoms with Gasteiger partial charge in [0.1, 0.15) is 5.69 Å². The van der Waals surface area contributed by atoms with Crippen molar-refractivity contribution in [2.24, 2.45) is 0 Å². The van der Waals surface area contributed by atoms with Crippen LogP contribution in [-0.2, 0) is 6.42 Å². The SMILES string of the molecule is C=CCc1c(-c2ccccc2)nnn1/C=C/C. The van der Waals surface area contributed by atoms with Gasteiger partial charge in [-0.15, -0.1) is 11.7 Å². The molecule has 0 unspecified atom stereocenters. The van der Waals surface area contributed by atoms with Gasteiger partial charge in [0.2, 0.25) is 0 Å². The molecule has 0 aliphatic carbocycles. The van der Waals surface area contributed by atoms with Crippen LogP contribution < -0.4 is 0 Å². The molecule has 17 heavy (non-hydrogen) atoms. The van der Waals surface area contributed by atoms with Crippen molar-refractivity contribution in [2.45, 2.75) is 13.3 Å². The maximum Gasteiger partial charge on any atom is 0.117 e. The Morgan fingerprint density at radius 1 is 1.29 bits per heavy atom. The number of nitrogens with zero attached hydrogens (tertiary/aromatic N) is 3. The van der Waals surface area contributed by atoms with E-state index in [1.807, 2.05) is 55.6 Å². The fraction of sp³-hybridized carbons (Fsp3) is 0.143. The van der Waals surface area contributed by atoms with Crippen LogP contribution in [0.3, 0.4) is 0 Å². The van der Waals surface area contributed by atoms with E-state index in [-0.39, 0.29) is 0 Å². The molecule has 0 aliphatic heterocycles. The summed E-state index contributed by atoms with van der Waals surface area (Å²) in [5.41, 5.74) is 3.06. The second kappa shape index (κ2) is 5.25. The monoisotopic (exact) mass is 225 g/mol. The molecule has 0 aliphatic rings. The Bertz CT molecular complexity index is 524. The largest absolute Gasteiger partial charge is 0.224 e. The Labute approximate surface area is 101 Å². The van der Waals surface area contributed by atoms with E-state index in [0.29, 0.717) is 0 Å². The standard InChI is InChI=1S/C14H15N3/c1-3-8-13-14(12-9-6-5-7-10-12)15-16-17(13)11-4-2/h3-7,9-11H,1,8H2,2H3/b11-4+. The average molecular weight is 225 g/mol. The molecule has 3 nitrogen and oxygen atoms in total. The van der Waals surface area contributed by atoms with Gasteiger partial charge in [-0.05, 0) is 6.92 Å². The number of hydrogen-bond acceptors (Lipinski definition) is 2. The van der Waals surface area contributed by atoms with Crippen LogP contribution in [0.1, 0.15) is 12.6 Å². The Kier molecular flexibility index (Phi) is 3.50.